The molecule has 136 valence electrons. The second-order valence-corrected chi connectivity index (χ2v) is 6.34. The Morgan fingerprint density at radius 3 is 2.31 bits per heavy atom. The smallest absolute Gasteiger partial charge is 0.338 e. The van der Waals surface area contributed by atoms with Gasteiger partial charge in [-0.15, -0.1) is 0 Å². The molecule has 2 aromatic rings. The summed E-state index contributed by atoms with van der Waals surface area (Å²) in [6.45, 7) is 7.18. The van der Waals surface area contributed by atoms with Crippen molar-refractivity contribution in [3.63, 3.8) is 0 Å². The van der Waals surface area contributed by atoms with Crippen molar-refractivity contribution in [1.29, 1.82) is 0 Å². The van der Waals surface area contributed by atoms with E-state index in [4.69, 9.17) is 4.74 Å². The van der Waals surface area contributed by atoms with Crippen LogP contribution in [0.3, 0.4) is 0 Å². The van der Waals surface area contributed by atoms with E-state index in [1.54, 1.807) is 37.3 Å². The minimum atomic E-state index is -0.873. The van der Waals surface area contributed by atoms with Crippen LogP contribution in [0.15, 0.2) is 42.5 Å². The van der Waals surface area contributed by atoms with E-state index in [0.717, 1.165) is 16.7 Å². The first kappa shape index (κ1) is 19.4. The summed E-state index contributed by atoms with van der Waals surface area (Å²) in [4.78, 5) is 35.8. The molecule has 2 rings (SSSR count). The quantitative estimate of drug-likeness (QED) is 0.638. The van der Waals surface area contributed by atoms with E-state index in [1.807, 2.05) is 26.0 Å². The van der Waals surface area contributed by atoms with Crippen LogP contribution in [-0.2, 0) is 16.1 Å². The van der Waals surface area contributed by atoms with Crippen LogP contribution in [-0.4, -0.2) is 23.8 Å². The van der Waals surface area contributed by atoms with Gasteiger partial charge in [0.15, 0.2) is 6.10 Å². The van der Waals surface area contributed by atoms with Crippen LogP contribution in [0.4, 0.5) is 0 Å². The molecule has 0 unspecified atom stereocenters. The van der Waals surface area contributed by atoms with Crippen LogP contribution in [0, 0.1) is 13.8 Å². The van der Waals surface area contributed by atoms with Crippen LogP contribution in [0.1, 0.15) is 51.3 Å². The molecule has 1 atom stereocenters. The molecule has 0 aliphatic rings. The molecule has 26 heavy (non-hydrogen) atoms. The fraction of sp³-hybridized carbons (Fsp3) is 0.286. The maximum atomic E-state index is 12.6. The lowest BCUT2D eigenvalue weighted by Gasteiger charge is -2.14. The minimum absolute atomic E-state index is 0.118. The number of aryl methyl sites for hydroxylation is 2. The third kappa shape index (κ3) is 5.02. The van der Waals surface area contributed by atoms with Crippen molar-refractivity contribution in [3.05, 3.63) is 70.3 Å². The van der Waals surface area contributed by atoms with E-state index >= 15 is 0 Å². The fourth-order valence-electron chi connectivity index (χ4n) is 2.49. The molecular weight excluding hydrogens is 330 g/mol. The standard InChI is InChI=1S/C21H23NO4/c1-13-5-6-14(2)19(11-13)20(24)15(3)26-21(25)18-9-7-17(8-10-18)12-22-16(4)23/h5-11,15H,12H2,1-4H3,(H,22,23)/t15-/m0/s1. The largest absolute Gasteiger partial charge is 0.451 e. The molecule has 1 N–H and O–H groups in total. The first-order valence-electron chi connectivity index (χ1n) is 8.43. The molecular formula is C21H23NO4. The highest BCUT2D eigenvalue weighted by atomic mass is 16.5. The van der Waals surface area contributed by atoms with Gasteiger partial charge in [0.25, 0.3) is 0 Å². The molecule has 0 saturated carbocycles. The molecule has 0 bridgehead atoms. The first-order valence-corrected chi connectivity index (χ1v) is 8.43. The normalized spacial score (nSPS) is 11.5. The van der Waals surface area contributed by atoms with Gasteiger partial charge in [0.05, 0.1) is 5.56 Å². The lowest BCUT2D eigenvalue weighted by molar-refractivity contribution is -0.119. The summed E-state index contributed by atoms with van der Waals surface area (Å²) < 4.78 is 5.33. The highest BCUT2D eigenvalue weighted by Gasteiger charge is 2.21. The van der Waals surface area contributed by atoms with Gasteiger partial charge in [0.2, 0.25) is 11.7 Å². The first-order chi connectivity index (χ1) is 12.3. The second kappa shape index (κ2) is 8.43. The summed E-state index contributed by atoms with van der Waals surface area (Å²) in [6, 6.07) is 12.3. The number of hydrogen-bond donors (Lipinski definition) is 1. The van der Waals surface area contributed by atoms with Gasteiger partial charge in [-0.05, 0) is 50.1 Å². The molecule has 2 aromatic carbocycles. The lowest BCUT2D eigenvalue weighted by atomic mass is 9.99. The van der Waals surface area contributed by atoms with Gasteiger partial charge in [-0.2, -0.15) is 0 Å². The number of ketones is 1. The molecule has 5 heteroatoms. The Morgan fingerprint density at radius 2 is 1.69 bits per heavy atom. The van der Waals surface area contributed by atoms with Crippen molar-refractivity contribution in [1.82, 2.24) is 5.32 Å². The SMILES string of the molecule is CC(=O)NCc1ccc(C(=O)O[C@@H](C)C(=O)c2cc(C)ccc2C)cc1. The lowest BCUT2D eigenvalue weighted by Crippen LogP contribution is -2.25. The number of nitrogens with one attached hydrogen (secondary N) is 1. The summed E-state index contributed by atoms with van der Waals surface area (Å²) in [7, 11) is 0. The molecule has 0 aromatic heterocycles. The molecule has 1 amide bonds. The van der Waals surface area contributed by atoms with Gasteiger partial charge in [-0.3, -0.25) is 9.59 Å². The number of esters is 1. The Labute approximate surface area is 153 Å². The maximum Gasteiger partial charge on any atom is 0.338 e. The number of amides is 1. The fourth-order valence-corrected chi connectivity index (χ4v) is 2.49. The predicted octanol–water partition coefficient (Wildman–Crippen LogP) is 3.37. The Morgan fingerprint density at radius 1 is 1.04 bits per heavy atom. The van der Waals surface area contributed by atoms with Crippen LogP contribution in [0.25, 0.3) is 0 Å². The maximum absolute atomic E-state index is 12.6. The molecule has 0 fully saturated rings. The van der Waals surface area contributed by atoms with Crippen LogP contribution in [0.2, 0.25) is 0 Å². The molecule has 0 aliphatic heterocycles. The van der Waals surface area contributed by atoms with Gasteiger partial charge in [-0.25, -0.2) is 4.79 Å². The number of carbonyl (C=O) groups is 3. The Bertz CT molecular complexity index is 824. The molecule has 0 heterocycles. The van der Waals surface area contributed by atoms with Gasteiger partial charge in [0, 0.05) is 19.0 Å². The van der Waals surface area contributed by atoms with E-state index in [9.17, 15) is 14.4 Å². The topological polar surface area (TPSA) is 72.5 Å². The van der Waals surface area contributed by atoms with Gasteiger partial charge in [-0.1, -0.05) is 29.8 Å². The van der Waals surface area contributed by atoms with Crippen LogP contribution in [0.5, 0.6) is 0 Å². The van der Waals surface area contributed by atoms with E-state index < -0.39 is 12.1 Å². The van der Waals surface area contributed by atoms with E-state index in [2.05, 4.69) is 5.32 Å². The van der Waals surface area contributed by atoms with Crippen LogP contribution >= 0.6 is 0 Å². The zero-order chi connectivity index (χ0) is 19.3. The van der Waals surface area contributed by atoms with Crippen molar-refractivity contribution in [2.45, 2.75) is 40.3 Å². The van der Waals surface area contributed by atoms with Gasteiger partial charge >= 0.3 is 5.97 Å². The van der Waals surface area contributed by atoms with Crippen molar-refractivity contribution < 1.29 is 19.1 Å². The zero-order valence-corrected chi connectivity index (χ0v) is 15.5. The summed E-state index contributed by atoms with van der Waals surface area (Å²) in [5, 5.41) is 2.69. The van der Waals surface area contributed by atoms with Crippen molar-refractivity contribution in [2.24, 2.45) is 0 Å². The summed E-state index contributed by atoms with van der Waals surface area (Å²) in [5.74, 6) is -0.892. The van der Waals surface area contributed by atoms with Crippen molar-refractivity contribution >= 4 is 17.7 Å². The summed E-state index contributed by atoms with van der Waals surface area (Å²) >= 11 is 0. The van der Waals surface area contributed by atoms with E-state index in [-0.39, 0.29) is 11.7 Å². The molecule has 0 saturated heterocycles. The van der Waals surface area contributed by atoms with E-state index in [0.29, 0.717) is 17.7 Å². The average molecular weight is 353 g/mol. The Kier molecular flexibility index (Phi) is 6.28. The minimum Gasteiger partial charge on any atom is -0.451 e. The van der Waals surface area contributed by atoms with Gasteiger partial charge < -0.3 is 10.1 Å². The molecule has 5 nitrogen and oxygen atoms in total. The van der Waals surface area contributed by atoms with E-state index in [1.165, 1.54) is 6.92 Å². The number of rotatable bonds is 6. The van der Waals surface area contributed by atoms with Crippen LogP contribution < -0.4 is 5.32 Å². The number of benzene rings is 2. The third-order valence-electron chi connectivity index (χ3n) is 4.04. The zero-order valence-electron chi connectivity index (χ0n) is 15.5. The molecule has 0 aliphatic carbocycles. The summed E-state index contributed by atoms with van der Waals surface area (Å²) in [6.07, 6.45) is -0.873. The number of ether oxygens (including phenoxy) is 1. The second-order valence-electron chi connectivity index (χ2n) is 6.34. The highest BCUT2D eigenvalue weighted by molar-refractivity contribution is 6.02. The number of hydrogen-bond acceptors (Lipinski definition) is 4. The molecule has 0 spiro atoms. The van der Waals surface area contributed by atoms with Crippen molar-refractivity contribution in [3.8, 4) is 0 Å². The number of Topliss-reactive ketones (excluding diaryl/α,β-unsaturated/α-hetero) is 1. The predicted molar refractivity (Wildman–Crippen MR) is 99.1 cm³/mol. The molecule has 0 radical (unpaired) electrons. The summed E-state index contributed by atoms with van der Waals surface area (Å²) in [5.41, 5.74) is 3.63. The monoisotopic (exact) mass is 353 g/mol. The average Bonchev–Trinajstić information content (AvgIpc) is 2.61. The highest BCUT2D eigenvalue weighted by Crippen LogP contribution is 2.15. The third-order valence-corrected chi connectivity index (χ3v) is 4.04. The Hall–Kier alpha value is -2.95. The van der Waals surface area contributed by atoms with Gasteiger partial charge in [0.1, 0.15) is 0 Å². The van der Waals surface area contributed by atoms with Crippen molar-refractivity contribution in [2.75, 3.05) is 0 Å². The number of carbonyl (C=O) groups excluding carboxylic acids is 3. The Balaban J connectivity index is 2.03.